The van der Waals surface area contributed by atoms with Crippen molar-refractivity contribution in [2.75, 3.05) is 17.7 Å². The van der Waals surface area contributed by atoms with Gasteiger partial charge in [0.05, 0.1) is 0 Å². The molecule has 1 aromatic carbocycles. The number of nitrogens with one attached hydrogen (secondary N) is 3. The Labute approximate surface area is 124 Å². The number of hydrogen-bond donors (Lipinski definition) is 4. The minimum atomic E-state index is -0.275. The number of benzene rings is 1. The molecule has 1 aliphatic carbocycles. The molecule has 1 aromatic rings. The number of carbonyl (C=O) groups is 2. The molecule has 0 aromatic heterocycles. The zero-order valence-corrected chi connectivity index (χ0v) is 12.2. The molecule has 5 N–H and O–H groups in total. The van der Waals surface area contributed by atoms with E-state index >= 15 is 0 Å². The molecule has 2 atom stereocenters. The van der Waals surface area contributed by atoms with Crippen molar-refractivity contribution >= 4 is 23.3 Å². The average Bonchev–Trinajstić information content (AvgIpc) is 2.49. The Bertz CT molecular complexity index is 501. The molecule has 0 aliphatic heterocycles. The van der Waals surface area contributed by atoms with Gasteiger partial charge in [-0.3, -0.25) is 4.79 Å². The van der Waals surface area contributed by atoms with Crippen LogP contribution in [0.5, 0.6) is 0 Å². The van der Waals surface area contributed by atoms with Gasteiger partial charge in [-0.2, -0.15) is 0 Å². The highest BCUT2D eigenvalue weighted by Gasteiger charge is 2.25. The summed E-state index contributed by atoms with van der Waals surface area (Å²) in [6, 6.07) is 6.89. The highest BCUT2D eigenvalue weighted by Crippen LogP contribution is 2.24. The summed E-state index contributed by atoms with van der Waals surface area (Å²) >= 11 is 0. The van der Waals surface area contributed by atoms with Gasteiger partial charge in [0.2, 0.25) is 5.91 Å². The topological polar surface area (TPSA) is 96.2 Å². The van der Waals surface area contributed by atoms with E-state index < -0.39 is 0 Å². The van der Waals surface area contributed by atoms with E-state index in [2.05, 4.69) is 16.0 Å². The van der Waals surface area contributed by atoms with Crippen LogP contribution in [0.1, 0.15) is 25.7 Å². The van der Waals surface area contributed by atoms with Crippen LogP contribution in [0.25, 0.3) is 0 Å². The maximum atomic E-state index is 12.2. The molecule has 0 heterocycles. The Balaban J connectivity index is 1.90. The van der Waals surface area contributed by atoms with Gasteiger partial charge in [-0.25, -0.2) is 4.79 Å². The fourth-order valence-electron chi connectivity index (χ4n) is 2.54. The lowest BCUT2D eigenvalue weighted by Crippen LogP contribution is -2.34. The molecule has 6 nitrogen and oxygen atoms in total. The smallest absolute Gasteiger partial charge is 0.318 e. The van der Waals surface area contributed by atoms with Crippen LogP contribution in [0.4, 0.5) is 16.2 Å². The van der Waals surface area contributed by atoms with Crippen molar-refractivity contribution in [2.24, 2.45) is 11.7 Å². The van der Waals surface area contributed by atoms with Gasteiger partial charge in [0.25, 0.3) is 0 Å². The second kappa shape index (κ2) is 7.08. The quantitative estimate of drug-likeness (QED) is 0.684. The van der Waals surface area contributed by atoms with E-state index in [1.54, 1.807) is 31.3 Å². The molecule has 1 saturated carbocycles. The van der Waals surface area contributed by atoms with E-state index in [4.69, 9.17) is 5.73 Å². The minimum Gasteiger partial charge on any atom is -0.341 e. The second-order valence-corrected chi connectivity index (χ2v) is 5.39. The highest BCUT2D eigenvalue weighted by molar-refractivity contribution is 5.93. The number of anilines is 2. The van der Waals surface area contributed by atoms with Gasteiger partial charge in [-0.05, 0) is 43.5 Å². The first-order chi connectivity index (χ1) is 10.1. The molecule has 3 amide bonds. The van der Waals surface area contributed by atoms with Crippen LogP contribution in [-0.2, 0) is 4.79 Å². The van der Waals surface area contributed by atoms with E-state index in [1.165, 1.54) is 0 Å². The van der Waals surface area contributed by atoms with Gasteiger partial charge in [0, 0.05) is 30.4 Å². The fraction of sp³-hybridized carbons (Fsp3) is 0.467. The van der Waals surface area contributed by atoms with Crippen LogP contribution in [0.2, 0.25) is 0 Å². The summed E-state index contributed by atoms with van der Waals surface area (Å²) in [5.41, 5.74) is 7.31. The third-order valence-corrected chi connectivity index (χ3v) is 3.72. The summed E-state index contributed by atoms with van der Waals surface area (Å²) in [5, 5.41) is 8.04. The molecular weight excluding hydrogens is 268 g/mol. The first kappa shape index (κ1) is 15.3. The van der Waals surface area contributed by atoms with Crippen LogP contribution in [0.3, 0.4) is 0 Å². The Morgan fingerprint density at radius 3 is 2.29 bits per heavy atom. The van der Waals surface area contributed by atoms with E-state index in [1.807, 2.05) is 0 Å². The molecule has 1 aliphatic rings. The largest absolute Gasteiger partial charge is 0.341 e. The van der Waals surface area contributed by atoms with Gasteiger partial charge in [0.1, 0.15) is 0 Å². The molecule has 0 bridgehead atoms. The standard InChI is InChI=1S/C15H22N4O2/c1-17-15(21)19-13-7-5-12(6-8-13)18-14(20)10-3-2-4-11(16)9-10/h5-8,10-11H,2-4,9,16H2,1H3,(H,18,20)(H2,17,19,21). The normalized spacial score (nSPS) is 21.4. The van der Waals surface area contributed by atoms with Crippen LogP contribution < -0.4 is 21.7 Å². The number of nitrogens with two attached hydrogens (primary N) is 1. The summed E-state index contributed by atoms with van der Waals surface area (Å²) in [7, 11) is 1.55. The Morgan fingerprint density at radius 2 is 1.71 bits per heavy atom. The molecule has 0 spiro atoms. The van der Waals surface area contributed by atoms with Crippen molar-refractivity contribution in [1.82, 2.24) is 5.32 Å². The summed E-state index contributed by atoms with van der Waals surface area (Å²) in [5.74, 6) is 0.0228. The van der Waals surface area contributed by atoms with Crippen molar-refractivity contribution in [3.8, 4) is 0 Å². The summed E-state index contributed by atoms with van der Waals surface area (Å²) < 4.78 is 0. The van der Waals surface area contributed by atoms with Gasteiger partial charge in [-0.1, -0.05) is 6.42 Å². The third kappa shape index (κ3) is 4.46. The fourth-order valence-corrected chi connectivity index (χ4v) is 2.54. The second-order valence-electron chi connectivity index (χ2n) is 5.39. The Kier molecular flexibility index (Phi) is 5.16. The molecule has 2 rings (SSSR count). The van der Waals surface area contributed by atoms with Crippen LogP contribution >= 0.6 is 0 Å². The van der Waals surface area contributed by atoms with Crippen LogP contribution in [0, 0.1) is 5.92 Å². The van der Waals surface area contributed by atoms with Crippen molar-refractivity contribution in [3.05, 3.63) is 24.3 Å². The minimum absolute atomic E-state index is 0.00239. The van der Waals surface area contributed by atoms with Gasteiger partial charge >= 0.3 is 6.03 Å². The van der Waals surface area contributed by atoms with Crippen LogP contribution in [0.15, 0.2) is 24.3 Å². The predicted molar refractivity (Wildman–Crippen MR) is 83.1 cm³/mol. The first-order valence-electron chi connectivity index (χ1n) is 7.23. The van der Waals surface area contributed by atoms with Crippen LogP contribution in [-0.4, -0.2) is 25.0 Å². The Morgan fingerprint density at radius 1 is 1.10 bits per heavy atom. The lowest BCUT2D eigenvalue weighted by atomic mass is 9.85. The molecule has 6 heteroatoms. The number of rotatable bonds is 3. The van der Waals surface area contributed by atoms with Gasteiger partial charge in [0.15, 0.2) is 0 Å². The van der Waals surface area contributed by atoms with Crippen molar-refractivity contribution < 1.29 is 9.59 Å². The summed E-state index contributed by atoms with van der Waals surface area (Å²) in [4.78, 5) is 23.4. The van der Waals surface area contributed by atoms with E-state index in [0.29, 0.717) is 5.69 Å². The average molecular weight is 290 g/mol. The molecular formula is C15H22N4O2. The molecule has 114 valence electrons. The molecule has 1 fully saturated rings. The molecule has 0 radical (unpaired) electrons. The number of urea groups is 1. The van der Waals surface area contributed by atoms with Crippen molar-refractivity contribution in [3.63, 3.8) is 0 Å². The lowest BCUT2D eigenvalue weighted by Gasteiger charge is -2.25. The zero-order chi connectivity index (χ0) is 15.2. The Hall–Kier alpha value is -2.08. The predicted octanol–water partition coefficient (Wildman–Crippen LogP) is 1.89. The van der Waals surface area contributed by atoms with Crippen molar-refractivity contribution in [2.45, 2.75) is 31.7 Å². The summed E-state index contributed by atoms with van der Waals surface area (Å²) in [6.45, 7) is 0. The maximum Gasteiger partial charge on any atom is 0.318 e. The third-order valence-electron chi connectivity index (χ3n) is 3.72. The molecule has 2 unspecified atom stereocenters. The van der Waals surface area contributed by atoms with E-state index in [-0.39, 0.29) is 23.9 Å². The van der Waals surface area contributed by atoms with E-state index in [9.17, 15) is 9.59 Å². The monoisotopic (exact) mass is 290 g/mol. The first-order valence-corrected chi connectivity index (χ1v) is 7.23. The van der Waals surface area contributed by atoms with Gasteiger partial charge in [-0.15, -0.1) is 0 Å². The lowest BCUT2D eigenvalue weighted by molar-refractivity contribution is -0.120. The molecule has 0 saturated heterocycles. The molecule has 21 heavy (non-hydrogen) atoms. The van der Waals surface area contributed by atoms with Gasteiger partial charge < -0.3 is 21.7 Å². The number of amides is 3. The highest BCUT2D eigenvalue weighted by atomic mass is 16.2. The zero-order valence-electron chi connectivity index (χ0n) is 12.2. The maximum absolute atomic E-state index is 12.2. The summed E-state index contributed by atoms with van der Waals surface area (Å²) in [6.07, 6.45) is 3.66. The number of carbonyl (C=O) groups excluding carboxylic acids is 2. The van der Waals surface area contributed by atoms with Crippen molar-refractivity contribution in [1.29, 1.82) is 0 Å². The number of hydrogen-bond acceptors (Lipinski definition) is 3. The SMILES string of the molecule is CNC(=O)Nc1ccc(NC(=O)C2CCCC(N)C2)cc1. The van der Waals surface area contributed by atoms with E-state index in [0.717, 1.165) is 31.4 Å².